The summed E-state index contributed by atoms with van der Waals surface area (Å²) in [5.41, 5.74) is 4.82. The van der Waals surface area contributed by atoms with Gasteiger partial charge >= 0.3 is 0 Å². The first kappa shape index (κ1) is 22.4. The van der Waals surface area contributed by atoms with Crippen molar-refractivity contribution in [1.29, 1.82) is 5.26 Å². The normalized spacial score (nSPS) is 18.0. The van der Waals surface area contributed by atoms with Crippen LogP contribution in [-0.4, -0.2) is 17.4 Å². The van der Waals surface area contributed by atoms with Crippen LogP contribution in [0.15, 0.2) is 74.9 Å². The molecule has 4 rings (SSSR count). The molecule has 0 saturated heterocycles. The topological polar surface area (TPSA) is 82.0 Å². The van der Waals surface area contributed by atoms with Crippen LogP contribution >= 0.6 is 27.7 Å². The fourth-order valence-corrected chi connectivity index (χ4v) is 5.12. The third kappa shape index (κ3) is 4.82. The molecule has 1 atom stereocenters. The Hall–Kier alpha value is -2.82. The largest absolute Gasteiger partial charge is 0.352 e. The Morgan fingerprint density at radius 1 is 1.19 bits per heavy atom. The summed E-state index contributed by atoms with van der Waals surface area (Å²) in [7, 11) is 0. The summed E-state index contributed by atoms with van der Waals surface area (Å²) in [6, 6.07) is 17.7. The van der Waals surface area contributed by atoms with Gasteiger partial charge in [-0.25, -0.2) is 0 Å². The van der Waals surface area contributed by atoms with Crippen molar-refractivity contribution < 1.29 is 9.59 Å². The zero-order valence-corrected chi connectivity index (χ0v) is 20.0. The number of rotatable bonds is 5. The number of dihydropyridines is 1. The molecule has 0 spiro atoms. The smallest absolute Gasteiger partial charge is 0.234 e. The summed E-state index contributed by atoms with van der Waals surface area (Å²) in [5, 5.41) is 16.9. The molecular formula is C25H22BrN3O2S. The Kier molecular flexibility index (Phi) is 6.83. The van der Waals surface area contributed by atoms with Gasteiger partial charge in [-0.15, -0.1) is 0 Å². The zero-order chi connectivity index (χ0) is 22.7. The van der Waals surface area contributed by atoms with E-state index in [4.69, 9.17) is 0 Å². The number of halogens is 1. The second kappa shape index (κ2) is 9.76. The molecule has 0 saturated carbocycles. The molecule has 2 N–H and O–H groups in total. The molecule has 7 heteroatoms. The molecule has 1 amide bonds. The van der Waals surface area contributed by atoms with Crippen molar-refractivity contribution in [2.45, 2.75) is 32.1 Å². The van der Waals surface area contributed by atoms with Gasteiger partial charge in [0.25, 0.3) is 0 Å². The molecule has 2 aliphatic rings. The highest BCUT2D eigenvalue weighted by molar-refractivity contribution is 9.10. The maximum absolute atomic E-state index is 12.8. The lowest BCUT2D eigenvalue weighted by atomic mass is 9.77. The molecule has 2 aromatic carbocycles. The molecule has 2 aromatic rings. The quantitative estimate of drug-likeness (QED) is 0.553. The van der Waals surface area contributed by atoms with E-state index in [0.717, 1.165) is 34.1 Å². The number of amides is 1. The van der Waals surface area contributed by atoms with Gasteiger partial charge in [0.15, 0.2) is 5.78 Å². The molecule has 5 nitrogen and oxygen atoms in total. The van der Waals surface area contributed by atoms with Gasteiger partial charge in [-0.3, -0.25) is 9.59 Å². The first-order valence-corrected chi connectivity index (χ1v) is 12.2. The average molecular weight is 508 g/mol. The van der Waals surface area contributed by atoms with E-state index in [1.54, 1.807) is 0 Å². The lowest BCUT2D eigenvalue weighted by molar-refractivity contribution is -0.116. The number of hydrogen-bond donors (Lipinski definition) is 2. The molecular weight excluding hydrogens is 486 g/mol. The summed E-state index contributed by atoms with van der Waals surface area (Å²) < 4.78 is 0.938. The van der Waals surface area contributed by atoms with E-state index in [-0.39, 0.29) is 17.4 Å². The van der Waals surface area contributed by atoms with E-state index in [0.29, 0.717) is 28.3 Å². The minimum atomic E-state index is -0.401. The third-order valence-corrected chi connectivity index (χ3v) is 7.10. The van der Waals surface area contributed by atoms with Crippen LogP contribution in [0.25, 0.3) is 0 Å². The Morgan fingerprint density at radius 2 is 1.91 bits per heavy atom. The predicted octanol–water partition coefficient (Wildman–Crippen LogP) is 5.56. The molecule has 1 heterocycles. The molecule has 32 heavy (non-hydrogen) atoms. The van der Waals surface area contributed by atoms with E-state index in [1.807, 2.05) is 55.5 Å². The number of anilines is 1. The summed E-state index contributed by atoms with van der Waals surface area (Å²) in [4.78, 5) is 25.4. The van der Waals surface area contributed by atoms with E-state index in [9.17, 15) is 14.9 Å². The van der Waals surface area contributed by atoms with Crippen molar-refractivity contribution >= 4 is 45.1 Å². The van der Waals surface area contributed by atoms with Crippen molar-refractivity contribution in [2.24, 2.45) is 0 Å². The van der Waals surface area contributed by atoms with Crippen LogP contribution in [0.5, 0.6) is 0 Å². The number of carbonyl (C=O) groups is 2. The Labute approximate surface area is 200 Å². The van der Waals surface area contributed by atoms with Gasteiger partial charge in [-0.05, 0) is 49.6 Å². The number of allylic oxidation sites excluding steroid dienone is 3. The van der Waals surface area contributed by atoms with Gasteiger partial charge < -0.3 is 10.6 Å². The lowest BCUT2D eigenvalue weighted by Gasteiger charge is -2.33. The van der Waals surface area contributed by atoms with Crippen molar-refractivity contribution in [2.75, 3.05) is 11.1 Å². The van der Waals surface area contributed by atoms with E-state index >= 15 is 0 Å². The number of carbonyl (C=O) groups excluding carboxylic acids is 2. The SMILES string of the molecule is Cc1ccc([C@@H]2C(C#N)=C(SCC(=O)Nc3ccc(Br)cc3)NC3=C2C(=O)CCC3)cc1. The van der Waals surface area contributed by atoms with Gasteiger partial charge in [-0.2, -0.15) is 5.26 Å². The first-order valence-electron chi connectivity index (χ1n) is 10.4. The highest BCUT2D eigenvalue weighted by Gasteiger charge is 2.37. The van der Waals surface area contributed by atoms with Crippen molar-refractivity contribution in [3.63, 3.8) is 0 Å². The number of benzene rings is 2. The molecule has 1 aliphatic heterocycles. The van der Waals surface area contributed by atoms with Gasteiger partial charge in [0, 0.05) is 27.9 Å². The number of nitrogens with one attached hydrogen (secondary N) is 2. The van der Waals surface area contributed by atoms with E-state index in [2.05, 4.69) is 32.6 Å². The number of ketones is 1. The number of Topliss-reactive ketones (excluding diaryl/α,β-unsaturated/α-hetero) is 1. The second-order valence-corrected chi connectivity index (χ2v) is 9.74. The number of nitriles is 1. The van der Waals surface area contributed by atoms with Crippen LogP contribution in [0.1, 0.15) is 36.3 Å². The molecule has 1 aliphatic carbocycles. The van der Waals surface area contributed by atoms with Crippen LogP contribution in [0.2, 0.25) is 0 Å². The molecule has 0 fully saturated rings. The molecule has 0 bridgehead atoms. The summed E-state index contributed by atoms with van der Waals surface area (Å²) in [6.45, 7) is 2.01. The molecule has 0 radical (unpaired) electrons. The highest BCUT2D eigenvalue weighted by Crippen LogP contribution is 2.44. The number of thioether (sulfide) groups is 1. The predicted molar refractivity (Wildman–Crippen MR) is 131 cm³/mol. The fraction of sp³-hybridized carbons (Fsp3) is 0.240. The Bertz CT molecular complexity index is 1160. The summed E-state index contributed by atoms with van der Waals surface area (Å²) in [6.07, 6.45) is 2.05. The van der Waals surface area contributed by atoms with Crippen LogP contribution in [0, 0.1) is 18.3 Å². The Balaban J connectivity index is 1.60. The zero-order valence-electron chi connectivity index (χ0n) is 17.6. The van der Waals surface area contributed by atoms with Gasteiger partial charge in [0.05, 0.1) is 28.3 Å². The fourth-order valence-electron chi connectivity index (χ4n) is 4.00. The number of aryl methyl sites for hydroxylation is 1. The maximum atomic E-state index is 12.8. The van der Waals surface area contributed by atoms with Gasteiger partial charge in [-0.1, -0.05) is 57.5 Å². The minimum Gasteiger partial charge on any atom is -0.352 e. The molecule has 0 aromatic heterocycles. The molecule has 0 unspecified atom stereocenters. The van der Waals surface area contributed by atoms with E-state index < -0.39 is 5.92 Å². The van der Waals surface area contributed by atoms with Crippen molar-refractivity contribution in [3.05, 3.63) is 86.0 Å². The van der Waals surface area contributed by atoms with Crippen LogP contribution in [0.3, 0.4) is 0 Å². The Morgan fingerprint density at radius 3 is 2.59 bits per heavy atom. The van der Waals surface area contributed by atoms with Crippen LogP contribution < -0.4 is 10.6 Å². The second-order valence-electron chi connectivity index (χ2n) is 7.84. The monoisotopic (exact) mass is 507 g/mol. The van der Waals surface area contributed by atoms with Crippen LogP contribution in [0.4, 0.5) is 5.69 Å². The number of nitrogens with zero attached hydrogens (tertiary/aromatic N) is 1. The first-order chi connectivity index (χ1) is 15.5. The summed E-state index contributed by atoms with van der Waals surface area (Å²) in [5.74, 6) is -0.313. The van der Waals surface area contributed by atoms with Crippen LogP contribution in [-0.2, 0) is 9.59 Å². The average Bonchev–Trinajstić information content (AvgIpc) is 2.79. The third-order valence-electron chi connectivity index (χ3n) is 5.55. The standard InChI is InChI=1S/C25H22BrN3O2S/c1-15-5-7-16(8-6-15)23-19(13-27)25(29-20-3-2-4-21(30)24(20)23)32-14-22(31)28-18-11-9-17(26)10-12-18/h5-12,23,29H,2-4,14H2,1H3,(H,28,31)/t23-/m1/s1. The maximum Gasteiger partial charge on any atom is 0.234 e. The lowest BCUT2D eigenvalue weighted by Crippen LogP contribution is -2.31. The summed E-state index contributed by atoms with van der Waals surface area (Å²) >= 11 is 4.68. The van der Waals surface area contributed by atoms with Gasteiger partial charge in [0.1, 0.15) is 0 Å². The van der Waals surface area contributed by atoms with Crippen molar-refractivity contribution in [1.82, 2.24) is 5.32 Å². The van der Waals surface area contributed by atoms with E-state index in [1.165, 1.54) is 11.8 Å². The van der Waals surface area contributed by atoms with Gasteiger partial charge in [0.2, 0.25) is 5.91 Å². The number of hydrogen-bond acceptors (Lipinski definition) is 5. The highest BCUT2D eigenvalue weighted by atomic mass is 79.9. The van der Waals surface area contributed by atoms with Crippen molar-refractivity contribution in [3.8, 4) is 6.07 Å². The molecule has 162 valence electrons. The minimum absolute atomic E-state index is 0.0918.